The van der Waals surface area contributed by atoms with E-state index in [1.165, 1.54) is 0 Å². The van der Waals surface area contributed by atoms with E-state index in [9.17, 15) is 5.11 Å². The van der Waals surface area contributed by atoms with Gasteiger partial charge in [0.25, 0.3) is 0 Å². The lowest BCUT2D eigenvalue weighted by Gasteiger charge is -2.07. The zero-order chi connectivity index (χ0) is 16.4. The smallest absolute Gasteiger partial charge is 0.144 e. The predicted molar refractivity (Wildman–Crippen MR) is 93.0 cm³/mol. The summed E-state index contributed by atoms with van der Waals surface area (Å²) < 4.78 is 0. The lowest BCUT2D eigenvalue weighted by Crippen LogP contribution is -1.89. The summed E-state index contributed by atoms with van der Waals surface area (Å²) >= 11 is 0. The van der Waals surface area contributed by atoms with Gasteiger partial charge in [0, 0.05) is 5.39 Å². The summed E-state index contributed by atoms with van der Waals surface area (Å²) in [5.41, 5.74) is 4.87. The van der Waals surface area contributed by atoms with Gasteiger partial charge in [-0.1, -0.05) is 30.3 Å². The molecule has 0 fully saturated rings. The molecule has 0 aliphatic carbocycles. The number of nitrogens with zero attached hydrogens (tertiary/aromatic N) is 2. The number of aryl methyl sites for hydroxylation is 2. The van der Waals surface area contributed by atoms with E-state index < -0.39 is 0 Å². The van der Waals surface area contributed by atoms with Crippen LogP contribution < -0.4 is 0 Å². The van der Waals surface area contributed by atoms with Crippen molar-refractivity contribution in [3.8, 4) is 11.8 Å². The van der Waals surface area contributed by atoms with Crippen LogP contribution in [-0.4, -0.2) is 10.1 Å². The third kappa shape index (κ3) is 2.93. The van der Waals surface area contributed by atoms with Gasteiger partial charge in [-0.3, -0.25) is 0 Å². The lowest BCUT2D eigenvalue weighted by molar-refractivity contribution is 0.476. The van der Waals surface area contributed by atoms with Gasteiger partial charge in [0.1, 0.15) is 11.3 Å². The van der Waals surface area contributed by atoms with E-state index in [1.807, 2.05) is 62.4 Å². The molecule has 3 rings (SSSR count). The predicted octanol–water partition coefficient (Wildman–Crippen LogP) is 4.60. The summed E-state index contributed by atoms with van der Waals surface area (Å²) in [5, 5.41) is 20.1. The van der Waals surface area contributed by atoms with Crippen LogP contribution in [0.4, 0.5) is 0 Å². The number of phenolic OH excluding ortho intramolecular Hbond substituents is 1. The van der Waals surface area contributed by atoms with Crippen LogP contribution >= 0.6 is 0 Å². The molecule has 1 aromatic heterocycles. The quantitative estimate of drug-likeness (QED) is 0.752. The second-order valence-corrected chi connectivity index (χ2v) is 5.56. The van der Waals surface area contributed by atoms with Gasteiger partial charge in [-0.25, -0.2) is 4.98 Å². The van der Waals surface area contributed by atoms with Crippen LogP contribution in [0.3, 0.4) is 0 Å². The topological polar surface area (TPSA) is 56.9 Å². The largest absolute Gasteiger partial charge is 0.505 e. The minimum absolute atomic E-state index is 0.229. The Bertz CT molecular complexity index is 965. The van der Waals surface area contributed by atoms with Crippen molar-refractivity contribution in [1.82, 2.24) is 4.98 Å². The van der Waals surface area contributed by atoms with Crippen molar-refractivity contribution in [3.63, 3.8) is 0 Å². The van der Waals surface area contributed by atoms with Gasteiger partial charge in [-0.2, -0.15) is 5.26 Å². The molecule has 3 aromatic rings. The van der Waals surface area contributed by atoms with Crippen LogP contribution in [0.2, 0.25) is 0 Å². The maximum Gasteiger partial charge on any atom is 0.144 e. The molecular formula is C20H16N2O. The zero-order valence-corrected chi connectivity index (χ0v) is 13.0. The summed E-state index contributed by atoms with van der Waals surface area (Å²) in [6.45, 7) is 3.89. The second kappa shape index (κ2) is 5.94. The van der Waals surface area contributed by atoms with Crippen LogP contribution in [0.5, 0.6) is 5.75 Å². The molecule has 3 nitrogen and oxygen atoms in total. The Balaban J connectivity index is 2.02. The first-order chi connectivity index (χ1) is 11.1. The normalized spacial score (nSPS) is 11.0. The Morgan fingerprint density at radius 3 is 2.65 bits per heavy atom. The third-order valence-corrected chi connectivity index (χ3v) is 3.83. The molecule has 0 aliphatic heterocycles. The number of pyridine rings is 1. The van der Waals surface area contributed by atoms with Gasteiger partial charge in [-0.15, -0.1) is 0 Å². The highest BCUT2D eigenvalue weighted by atomic mass is 16.3. The van der Waals surface area contributed by atoms with Crippen LogP contribution in [0.25, 0.3) is 23.1 Å². The van der Waals surface area contributed by atoms with E-state index in [0.29, 0.717) is 11.1 Å². The first kappa shape index (κ1) is 14.8. The third-order valence-electron chi connectivity index (χ3n) is 3.83. The first-order valence-electron chi connectivity index (χ1n) is 7.36. The van der Waals surface area contributed by atoms with E-state index in [1.54, 1.807) is 6.07 Å². The number of aromatic hydroxyl groups is 1. The molecule has 0 saturated heterocycles. The maximum atomic E-state index is 10.2. The number of nitriles is 1. The van der Waals surface area contributed by atoms with Gasteiger partial charge in [0.05, 0.1) is 17.3 Å². The van der Waals surface area contributed by atoms with Crippen LogP contribution in [0, 0.1) is 25.2 Å². The van der Waals surface area contributed by atoms with Gasteiger partial charge in [0.2, 0.25) is 0 Å². The molecule has 0 atom stereocenters. The van der Waals surface area contributed by atoms with Gasteiger partial charge < -0.3 is 5.11 Å². The molecule has 112 valence electrons. The molecule has 0 bridgehead atoms. The molecule has 0 unspecified atom stereocenters. The average Bonchev–Trinajstić information content (AvgIpc) is 2.58. The molecule has 2 aromatic carbocycles. The minimum Gasteiger partial charge on any atom is -0.505 e. The lowest BCUT2D eigenvalue weighted by atomic mass is 10.0. The van der Waals surface area contributed by atoms with Gasteiger partial charge in [-0.05, 0) is 54.8 Å². The number of benzene rings is 2. The molecule has 0 saturated carbocycles. The Hall–Kier alpha value is -3.12. The Kier molecular flexibility index (Phi) is 3.82. The van der Waals surface area contributed by atoms with E-state index in [0.717, 1.165) is 27.8 Å². The SMILES string of the molecule is Cc1cc(C)c2ccc(/C=C/c3cccc(C#N)c3)nc2c1O. The maximum absolute atomic E-state index is 10.2. The highest BCUT2D eigenvalue weighted by molar-refractivity contribution is 5.89. The van der Waals surface area contributed by atoms with Crippen molar-refractivity contribution in [2.45, 2.75) is 13.8 Å². The molecule has 0 spiro atoms. The molecule has 23 heavy (non-hydrogen) atoms. The number of phenols is 1. The fourth-order valence-electron chi connectivity index (χ4n) is 2.62. The van der Waals surface area contributed by atoms with Gasteiger partial charge in [0.15, 0.2) is 0 Å². The zero-order valence-electron chi connectivity index (χ0n) is 13.0. The Labute approximate surface area is 135 Å². The monoisotopic (exact) mass is 300 g/mol. The molecule has 0 radical (unpaired) electrons. The minimum atomic E-state index is 0.229. The summed E-state index contributed by atoms with van der Waals surface area (Å²) in [6.07, 6.45) is 3.79. The molecule has 1 N–H and O–H groups in total. The fraction of sp³-hybridized carbons (Fsp3) is 0.100. The van der Waals surface area contributed by atoms with Crippen molar-refractivity contribution in [2.75, 3.05) is 0 Å². The molecule has 3 heteroatoms. The average molecular weight is 300 g/mol. The highest BCUT2D eigenvalue weighted by Gasteiger charge is 2.08. The first-order valence-corrected chi connectivity index (χ1v) is 7.36. The van der Waals surface area contributed by atoms with Gasteiger partial charge >= 0.3 is 0 Å². The number of rotatable bonds is 2. The van der Waals surface area contributed by atoms with E-state index in [2.05, 4.69) is 11.1 Å². The van der Waals surface area contributed by atoms with Crippen LogP contribution in [0.15, 0.2) is 42.5 Å². The Morgan fingerprint density at radius 2 is 1.87 bits per heavy atom. The second-order valence-electron chi connectivity index (χ2n) is 5.56. The molecule has 1 heterocycles. The van der Waals surface area contributed by atoms with Crippen molar-refractivity contribution in [2.24, 2.45) is 0 Å². The number of hydrogen-bond donors (Lipinski definition) is 1. The molecule has 0 aliphatic rings. The van der Waals surface area contributed by atoms with E-state index in [-0.39, 0.29) is 5.75 Å². The van der Waals surface area contributed by atoms with Crippen LogP contribution in [-0.2, 0) is 0 Å². The van der Waals surface area contributed by atoms with Crippen molar-refractivity contribution in [1.29, 1.82) is 5.26 Å². The number of hydrogen-bond acceptors (Lipinski definition) is 3. The number of fused-ring (bicyclic) bond motifs is 1. The van der Waals surface area contributed by atoms with Crippen molar-refractivity contribution < 1.29 is 5.11 Å². The summed E-state index contributed by atoms with van der Waals surface area (Å²) in [7, 11) is 0. The van der Waals surface area contributed by atoms with Crippen molar-refractivity contribution in [3.05, 3.63) is 70.4 Å². The van der Waals surface area contributed by atoms with Crippen molar-refractivity contribution >= 4 is 23.1 Å². The van der Waals surface area contributed by atoms with E-state index in [4.69, 9.17) is 5.26 Å². The highest BCUT2D eigenvalue weighted by Crippen LogP contribution is 2.29. The standard InChI is InChI=1S/C20H16N2O/c1-13-10-14(2)20(23)19-18(13)9-8-17(22-19)7-6-15-4-3-5-16(11-15)12-21/h3-11,23H,1-2H3/b7-6+. The molecular weight excluding hydrogens is 284 g/mol. The number of aromatic nitrogens is 1. The molecule has 0 amide bonds. The summed E-state index contributed by atoms with van der Waals surface area (Å²) in [6, 6.07) is 15.4. The van der Waals surface area contributed by atoms with E-state index >= 15 is 0 Å². The fourth-order valence-corrected chi connectivity index (χ4v) is 2.62. The summed E-state index contributed by atoms with van der Waals surface area (Å²) in [5.74, 6) is 0.229. The Morgan fingerprint density at radius 1 is 1.04 bits per heavy atom. The summed E-state index contributed by atoms with van der Waals surface area (Å²) in [4.78, 5) is 4.55. The van der Waals surface area contributed by atoms with Crippen LogP contribution in [0.1, 0.15) is 27.9 Å².